The van der Waals surface area contributed by atoms with E-state index in [-0.39, 0.29) is 11.6 Å². The first-order valence-electron chi connectivity index (χ1n) is 9.19. The van der Waals surface area contributed by atoms with E-state index in [0.29, 0.717) is 29.0 Å². The van der Waals surface area contributed by atoms with E-state index in [1.54, 1.807) is 36.3 Å². The fraction of sp³-hybridized carbons (Fsp3) is 0.190. The maximum Gasteiger partial charge on any atom is 0.335 e. The fourth-order valence-corrected chi connectivity index (χ4v) is 2.83. The van der Waals surface area contributed by atoms with Gasteiger partial charge in [0.25, 0.3) is 0 Å². The third kappa shape index (κ3) is 4.52. The number of hydrogen-bond donors (Lipinski definition) is 2. The van der Waals surface area contributed by atoms with Gasteiger partial charge in [0.1, 0.15) is 18.1 Å². The molecule has 0 amide bonds. The molecule has 1 aromatic carbocycles. The van der Waals surface area contributed by atoms with Crippen LogP contribution in [0, 0.1) is 0 Å². The molecule has 2 heterocycles. The second-order valence-electron chi connectivity index (χ2n) is 6.34. The van der Waals surface area contributed by atoms with Gasteiger partial charge in [-0.3, -0.25) is 5.43 Å². The van der Waals surface area contributed by atoms with Crippen LogP contribution >= 0.6 is 0 Å². The minimum absolute atomic E-state index is 0.206. The van der Waals surface area contributed by atoms with Crippen LogP contribution in [-0.2, 0) is 4.74 Å². The summed E-state index contributed by atoms with van der Waals surface area (Å²) in [6.07, 6.45) is 9.32. The van der Waals surface area contributed by atoms with Crippen molar-refractivity contribution in [3.05, 3.63) is 72.4 Å². The maximum absolute atomic E-state index is 10.9. The summed E-state index contributed by atoms with van der Waals surface area (Å²) in [6, 6.07) is 6.17. The fourth-order valence-electron chi connectivity index (χ4n) is 2.83. The minimum atomic E-state index is -0.971. The quantitative estimate of drug-likeness (QED) is 0.241. The number of nitrogens with one attached hydrogen (secondary N) is 1. The second kappa shape index (κ2) is 9.46. The predicted molar refractivity (Wildman–Crippen MR) is 115 cm³/mol. The van der Waals surface area contributed by atoms with Gasteiger partial charge in [0.05, 0.1) is 30.5 Å². The molecule has 0 spiro atoms. The molecule has 0 saturated heterocycles. The van der Waals surface area contributed by atoms with E-state index in [4.69, 9.17) is 9.84 Å². The Morgan fingerprint density at radius 2 is 2.13 bits per heavy atom. The molecule has 154 valence electrons. The largest absolute Gasteiger partial charge is 0.499 e. The highest BCUT2D eigenvalue weighted by Gasteiger charge is 2.20. The molecule has 30 heavy (non-hydrogen) atoms. The molecular weight excluding hydrogens is 384 g/mol. The van der Waals surface area contributed by atoms with Crippen molar-refractivity contribution in [2.24, 2.45) is 5.10 Å². The third-order valence-corrected chi connectivity index (χ3v) is 4.46. The molecule has 0 radical (unpaired) electrons. The smallest absolute Gasteiger partial charge is 0.335 e. The molecule has 1 unspecified atom stereocenters. The first-order chi connectivity index (χ1) is 14.5. The van der Waals surface area contributed by atoms with Crippen molar-refractivity contribution in [2.75, 3.05) is 12.5 Å². The molecule has 9 heteroatoms. The van der Waals surface area contributed by atoms with E-state index >= 15 is 0 Å². The van der Waals surface area contributed by atoms with E-state index in [1.165, 1.54) is 18.5 Å². The van der Waals surface area contributed by atoms with Gasteiger partial charge in [-0.1, -0.05) is 30.9 Å². The number of hydrazone groups is 1. The molecule has 0 aliphatic carbocycles. The van der Waals surface area contributed by atoms with Gasteiger partial charge >= 0.3 is 5.97 Å². The Hall–Kier alpha value is -4.01. The van der Waals surface area contributed by atoms with Gasteiger partial charge in [0.15, 0.2) is 11.5 Å². The zero-order chi connectivity index (χ0) is 21.5. The molecular formula is C21H22N6O3. The van der Waals surface area contributed by atoms with Gasteiger partial charge in [-0.15, -0.1) is 0 Å². The number of ether oxygens (including phenoxy) is 1. The van der Waals surface area contributed by atoms with Crippen LogP contribution in [0.5, 0.6) is 0 Å². The molecule has 0 bridgehead atoms. The monoisotopic (exact) mass is 406 g/mol. The number of carboxylic acid groups (broad SMARTS) is 1. The van der Waals surface area contributed by atoms with Gasteiger partial charge in [-0.2, -0.15) is 10.2 Å². The molecule has 3 rings (SSSR count). The van der Waals surface area contributed by atoms with E-state index in [2.05, 4.69) is 32.2 Å². The molecule has 0 fully saturated rings. The van der Waals surface area contributed by atoms with E-state index in [0.717, 1.165) is 5.56 Å². The van der Waals surface area contributed by atoms with E-state index in [9.17, 15) is 4.79 Å². The number of carbonyl (C=O) groups is 1. The van der Waals surface area contributed by atoms with Crippen LogP contribution < -0.4 is 5.43 Å². The van der Waals surface area contributed by atoms with Crippen molar-refractivity contribution >= 4 is 29.0 Å². The highest BCUT2D eigenvalue weighted by molar-refractivity contribution is 5.90. The molecule has 3 aromatic rings. The first kappa shape index (κ1) is 20.7. The van der Waals surface area contributed by atoms with Gasteiger partial charge < -0.3 is 9.84 Å². The number of allylic oxidation sites excluding steroid dienone is 3. The predicted octanol–water partition coefficient (Wildman–Crippen LogP) is 3.64. The van der Waals surface area contributed by atoms with Gasteiger partial charge in [0.2, 0.25) is 0 Å². The third-order valence-electron chi connectivity index (χ3n) is 4.46. The Bertz CT molecular complexity index is 1100. The number of nitrogens with zero attached hydrogens (tertiary/aromatic N) is 5. The summed E-state index contributed by atoms with van der Waals surface area (Å²) in [7, 11) is 1.58. The minimum Gasteiger partial charge on any atom is -0.499 e. The standard InChI is InChI=1S/C21H22N6O3/c1-4-5-6-18(14(2)30-3)27-20-17(12-25-27)19(22-13-23-20)26-24-11-15-7-9-16(10-8-15)21(28)29/h4-5,7-13,18H,2,6H2,1,3H3,(H,28,29)(H,22,23,26)/b5-4-,24-11+. The van der Waals surface area contributed by atoms with Crippen LogP contribution in [0.3, 0.4) is 0 Å². The van der Waals surface area contributed by atoms with Gasteiger partial charge in [-0.25, -0.2) is 19.4 Å². The van der Waals surface area contributed by atoms with Crippen LogP contribution in [0.4, 0.5) is 5.82 Å². The number of carboxylic acids is 1. The Kier molecular flexibility index (Phi) is 6.53. The van der Waals surface area contributed by atoms with Gasteiger partial charge in [0, 0.05) is 0 Å². The van der Waals surface area contributed by atoms with Gasteiger partial charge in [-0.05, 0) is 31.0 Å². The number of aromatic nitrogens is 4. The second-order valence-corrected chi connectivity index (χ2v) is 6.34. The Balaban J connectivity index is 1.84. The average Bonchev–Trinajstić information content (AvgIpc) is 3.19. The Morgan fingerprint density at radius 3 is 2.80 bits per heavy atom. The number of fused-ring (bicyclic) bond motifs is 1. The van der Waals surface area contributed by atoms with Crippen LogP contribution in [-0.4, -0.2) is 44.1 Å². The topological polar surface area (TPSA) is 115 Å². The first-order valence-corrected chi connectivity index (χ1v) is 9.19. The summed E-state index contributed by atoms with van der Waals surface area (Å²) in [6.45, 7) is 5.93. The summed E-state index contributed by atoms with van der Waals surface area (Å²) < 4.78 is 7.09. The van der Waals surface area contributed by atoms with Crippen LogP contribution in [0.1, 0.15) is 35.3 Å². The lowest BCUT2D eigenvalue weighted by Gasteiger charge is -2.18. The highest BCUT2D eigenvalue weighted by Crippen LogP contribution is 2.27. The average molecular weight is 406 g/mol. The summed E-state index contributed by atoms with van der Waals surface area (Å²) in [5.74, 6) is 0.104. The molecule has 2 aromatic heterocycles. The Morgan fingerprint density at radius 1 is 1.37 bits per heavy atom. The van der Waals surface area contributed by atoms with Crippen LogP contribution in [0.25, 0.3) is 11.0 Å². The molecule has 0 aliphatic rings. The molecule has 9 nitrogen and oxygen atoms in total. The molecule has 0 aliphatic heterocycles. The van der Waals surface area contributed by atoms with E-state index < -0.39 is 5.97 Å². The number of anilines is 1. The normalized spacial score (nSPS) is 12.5. The number of benzene rings is 1. The van der Waals surface area contributed by atoms with Crippen molar-refractivity contribution in [2.45, 2.75) is 19.4 Å². The van der Waals surface area contributed by atoms with Crippen molar-refractivity contribution in [3.8, 4) is 0 Å². The van der Waals surface area contributed by atoms with Crippen molar-refractivity contribution in [1.82, 2.24) is 19.7 Å². The molecule has 1 atom stereocenters. The van der Waals surface area contributed by atoms with Crippen molar-refractivity contribution < 1.29 is 14.6 Å². The van der Waals surface area contributed by atoms with E-state index in [1.807, 2.05) is 19.1 Å². The maximum atomic E-state index is 10.9. The molecule has 0 saturated carbocycles. The summed E-state index contributed by atoms with van der Waals surface area (Å²) in [5.41, 5.74) is 4.48. The van der Waals surface area contributed by atoms with Crippen LogP contribution in [0.15, 0.2) is 66.4 Å². The summed E-state index contributed by atoms with van der Waals surface area (Å²) in [5, 5.41) is 18.3. The van der Waals surface area contributed by atoms with Crippen LogP contribution in [0.2, 0.25) is 0 Å². The van der Waals surface area contributed by atoms with Crippen molar-refractivity contribution in [1.29, 1.82) is 0 Å². The highest BCUT2D eigenvalue weighted by atomic mass is 16.5. The lowest BCUT2D eigenvalue weighted by Crippen LogP contribution is -2.14. The lowest BCUT2D eigenvalue weighted by atomic mass is 10.1. The number of methoxy groups -OCH3 is 1. The lowest BCUT2D eigenvalue weighted by molar-refractivity contribution is 0.0697. The zero-order valence-electron chi connectivity index (χ0n) is 16.7. The SMILES string of the molecule is C=C(OC)C(C/C=C\C)n1ncc2c(N/N=C/c3ccc(C(=O)O)cc3)ncnc21. The molecule has 2 N–H and O–H groups in total. The number of hydrogen-bond acceptors (Lipinski definition) is 7. The number of rotatable bonds is 9. The summed E-state index contributed by atoms with van der Waals surface area (Å²) >= 11 is 0. The number of aromatic carboxylic acids is 1. The summed E-state index contributed by atoms with van der Waals surface area (Å²) in [4.78, 5) is 19.5. The zero-order valence-corrected chi connectivity index (χ0v) is 16.7. The Labute approximate surface area is 173 Å². The van der Waals surface area contributed by atoms with Crippen molar-refractivity contribution in [3.63, 3.8) is 0 Å².